The second kappa shape index (κ2) is 10.2. The molecule has 9 nitrogen and oxygen atoms in total. The molecular weight excluding hydrogens is 504 g/mol. The van der Waals surface area contributed by atoms with E-state index in [4.69, 9.17) is 14.2 Å². The fraction of sp³-hybridized carbons (Fsp3) is 0.967. The zero-order valence-corrected chi connectivity index (χ0v) is 24.2. The number of hydrogen-bond acceptors (Lipinski definition) is 9. The van der Waals surface area contributed by atoms with Crippen LogP contribution in [0.4, 0.5) is 0 Å². The Hall–Kier alpha value is -0.810. The van der Waals surface area contributed by atoms with Gasteiger partial charge in [-0.1, -0.05) is 27.7 Å². The Morgan fingerprint density at radius 1 is 0.974 bits per heavy atom. The number of ether oxygens (including phenoxy) is 3. The van der Waals surface area contributed by atoms with Crippen molar-refractivity contribution in [2.24, 2.45) is 33.5 Å². The molecule has 2 spiro atoms. The van der Waals surface area contributed by atoms with Gasteiger partial charge < -0.3 is 39.7 Å². The van der Waals surface area contributed by atoms with Gasteiger partial charge in [-0.05, 0) is 85.4 Å². The number of fused-ring (bicyclic) bond motifs is 2. The number of rotatable bonds is 4. The topological polar surface area (TPSA) is 146 Å². The molecule has 5 rings (SSSR count). The van der Waals surface area contributed by atoms with Gasteiger partial charge >= 0.3 is 5.97 Å². The third-order valence-corrected chi connectivity index (χ3v) is 12.2. The van der Waals surface area contributed by atoms with Gasteiger partial charge in [0.05, 0.1) is 18.8 Å². The van der Waals surface area contributed by atoms with E-state index in [1.54, 1.807) is 0 Å². The summed E-state index contributed by atoms with van der Waals surface area (Å²) in [7, 11) is 0. The van der Waals surface area contributed by atoms with Gasteiger partial charge in [-0.3, -0.25) is 4.79 Å². The number of aliphatic hydroxyl groups is 5. The molecule has 1 aliphatic heterocycles. The number of carbonyl (C=O) groups is 1. The van der Waals surface area contributed by atoms with Gasteiger partial charge in [0.2, 0.25) is 0 Å². The van der Waals surface area contributed by atoms with Crippen molar-refractivity contribution in [2.75, 3.05) is 6.61 Å². The van der Waals surface area contributed by atoms with Crippen LogP contribution in [0.3, 0.4) is 0 Å². The minimum Gasteiger partial charge on any atom is -0.462 e. The highest BCUT2D eigenvalue weighted by Gasteiger charge is 2.70. The Labute approximate surface area is 232 Å². The van der Waals surface area contributed by atoms with Crippen molar-refractivity contribution in [3.8, 4) is 0 Å². The van der Waals surface area contributed by atoms with Crippen molar-refractivity contribution < 1.29 is 44.5 Å². The van der Waals surface area contributed by atoms with Crippen LogP contribution in [-0.4, -0.2) is 87.1 Å². The average Bonchev–Trinajstić information content (AvgIpc) is 3.42. The lowest BCUT2D eigenvalue weighted by Gasteiger charge is -2.67. The molecule has 0 aromatic rings. The molecule has 4 saturated carbocycles. The van der Waals surface area contributed by atoms with Crippen molar-refractivity contribution in [3.05, 3.63) is 0 Å². The molecule has 4 aliphatic carbocycles. The van der Waals surface area contributed by atoms with Crippen molar-refractivity contribution in [1.29, 1.82) is 0 Å². The quantitative estimate of drug-likeness (QED) is 0.261. The molecule has 224 valence electrons. The highest BCUT2D eigenvalue weighted by atomic mass is 16.7. The van der Waals surface area contributed by atoms with Crippen molar-refractivity contribution in [2.45, 2.75) is 141 Å². The average molecular weight is 555 g/mol. The summed E-state index contributed by atoms with van der Waals surface area (Å²) < 4.78 is 18.2. The van der Waals surface area contributed by atoms with Crippen molar-refractivity contribution >= 4 is 5.97 Å². The second-order valence-corrected chi connectivity index (χ2v) is 14.6. The normalized spacial score (nSPS) is 53.2. The van der Waals surface area contributed by atoms with Crippen molar-refractivity contribution in [3.63, 3.8) is 0 Å². The van der Waals surface area contributed by atoms with E-state index in [1.165, 1.54) is 6.92 Å². The van der Waals surface area contributed by atoms with Gasteiger partial charge in [0.1, 0.15) is 30.5 Å². The lowest BCUT2D eigenvalue weighted by molar-refractivity contribution is -0.334. The van der Waals surface area contributed by atoms with Gasteiger partial charge in [0.25, 0.3) is 0 Å². The molecule has 0 aromatic heterocycles. The van der Waals surface area contributed by atoms with Crippen LogP contribution in [0, 0.1) is 33.5 Å². The first kappa shape index (κ1) is 29.7. The van der Waals surface area contributed by atoms with Gasteiger partial charge in [0, 0.05) is 12.8 Å². The molecule has 1 heterocycles. The maximum Gasteiger partial charge on any atom is 0.302 e. The fourth-order valence-electron chi connectivity index (χ4n) is 10.4. The Morgan fingerprint density at radius 2 is 1.69 bits per heavy atom. The van der Waals surface area contributed by atoms with E-state index in [0.29, 0.717) is 12.3 Å². The lowest BCUT2D eigenvalue weighted by Crippen LogP contribution is -2.67. The van der Waals surface area contributed by atoms with E-state index >= 15 is 0 Å². The van der Waals surface area contributed by atoms with Gasteiger partial charge in [-0.15, -0.1) is 0 Å². The maximum absolute atomic E-state index is 12.3. The molecule has 39 heavy (non-hydrogen) atoms. The minimum absolute atomic E-state index is 0.0183. The third kappa shape index (κ3) is 4.59. The Balaban J connectivity index is 1.47. The lowest BCUT2D eigenvalue weighted by atomic mass is 9.39. The molecule has 1 unspecified atom stereocenters. The number of carbonyl (C=O) groups excluding carboxylic acids is 1. The summed E-state index contributed by atoms with van der Waals surface area (Å²) in [6.07, 6.45) is 0.971. The summed E-state index contributed by atoms with van der Waals surface area (Å²) >= 11 is 0. The number of hydrogen-bond donors (Lipinski definition) is 5. The Bertz CT molecular complexity index is 924. The van der Waals surface area contributed by atoms with E-state index in [-0.39, 0.29) is 46.4 Å². The predicted octanol–water partition coefficient (Wildman–Crippen LogP) is 2.29. The minimum atomic E-state index is -1.50. The first-order valence-electron chi connectivity index (χ1n) is 15.0. The molecule has 5 aliphatic rings. The molecule has 5 N–H and O–H groups in total. The third-order valence-electron chi connectivity index (χ3n) is 12.2. The Morgan fingerprint density at radius 3 is 2.31 bits per heavy atom. The molecule has 5 fully saturated rings. The van der Waals surface area contributed by atoms with Gasteiger partial charge in [-0.2, -0.15) is 0 Å². The van der Waals surface area contributed by atoms with E-state index in [9.17, 15) is 30.3 Å². The molecule has 9 heteroatoms. The zero-order valence-electron chi connectivity index (χ0n) is 24.2. The van der Waals surface area contributed by atoms with Crippen LogP contribution in [-0.2, 0) is 19.0 Å². The van der Waals surface area contributed by atoms with Crippen LogP contribution in [0.2, 0.25) is 0 Å². The first-order chi connectivity index (χ1) is 18.2. The summed E-state index contributed by atoms with van der Waals surface area (Å²) in [5, 5.41) is 51.4. The highest BCUT2D eigenvalue weighted by Crippen LogP contribution is 2.75. The summed E-state index contributed by atoms with van der Waals surface area (Å²) in [5.74, 6) is 0.0502. The molecule has 0 amide bonds. The van der Waals surface area contributed by atoms with E-state index in [2.05, 4.69) is 27.7 Å². The summed E-state index contributed by atoms with van der Waals surface area (Å²) in [5.41, 5.74) is -0.377. The monoisotopic (exact) mass is 554 g/mol. The SMILES string of the molecule is CC(=O)O[C@@H]1C[C@@H](C)[C@]2(CC[C@]3(CC[C@@H](O)C3)C2)[C@@]2(C)CC[C@H](O[C@@H]3O[C@H](CO)[C@@H](O)[C@H](O)[C@H]3O)C(C)(C)C12. The molecule has 0 bridgehead atoms. The van der Waals surface area contributed by atoms with Crippen LogP contribution in [0.5, 0.6) is 0 Å². The summed E-state index contributed by atoms with van der Waals surface area (Å²) in [6, 6.07) is 0. The van der Waals surface area contributed by atoms with Crippen LogP contribution in [0.1, 0.15) is 92.4 Å². The Kier molecular flexibility index (Phi) is 7.74. The molecule has 0 aromatic carbocycles. The maximum atomic E-state index is 12.3. The van der Waals surface area contributed by atoms with Crippen LogP contribution < -0.4 is 0 Å². The fourth-order valence-corrected chi connectivity index (χ4v) is 10.4. The van der Waals surface area contributed by atoms with Crippen LogP contribution >= 0.6 is 0 Å². The van der Waals surface area contributed by atoms with Crippen LogP contribution in [0.25, 0.3) is 0 Å². The van der Waals surface area contributed by atoms with Crippen molar-refractivity contribution in [1.82, 2.24) is 0 Å². The second-order valence-electron chi connectivity index (χ2n) is 14.6. The van der Waals surface area contributed by atoms with Gasteiger partial charge in [-0.25, -0.2) is 0 Å². The number of aliphatic hydroxyl groups excluding tert-OH is 5. The molecule has 13 atom stereocenters. The first-order valence-corrected chi connectivity index (χ1v) is 15.0. The van der Waals surface area contributed by atoms with E-state index in [0.717, 1.165) is 51.4 Å². The highest BCUT2D eigenvalue weighted by molar-refractivity contribution is 5.66. The zero-order chi connectivity index (χ0) is 28.5. The van der Waals surface area contributed by atoms with Gasteiger partial charge in [0.15, 0.2) is 6.29 Å². The molecule has 1 saturated heterocycles. The molecular formula is C30H50O9. The largest absolute Gasteiger partial charge is 0.462 e. The predicted molar refractivity (Wildman–Crippen MR) is 141 cm³/mol. The summed E-state index contributed by atoms with van der Waals surface area (Å²) in [6.45, 7) is 9.97. The smallest absolute Gasteiger partial charge is 0.302 e. The van der Waals surface area contributed by atoms with E-state index in [1.807, 2.05) is 0 Å². The summed E-state index contributed by atoms with van der Waals surface area (Å²) in [4.78, 5) is 12.3. The number of esters is 1. The van der Waals surface area contributed by atoms with E-state index < -0.39 is 42.7 Å². The standard InChI is InChI=1S/C30H50O9/c1-16-12-19(37-17(2)32)25-27(3,4)21(39-26-24(36)23(35)22(34)20(14-31)38-26)7-8-28(25,5)30(16)11-10-29(15-30)9-6-18(33)13-29/h16,18-26,31,33-36H,6-15H2,1-5H3/t16-,18-,19-,20-,21+,22-,23+,24-,25?,26+,28+,29+,30-/m1/s1. The van der Waals surface area contributed by atoms with Crippen LogP contribution in [0.15, 0.2) is 0 Å². The molecule has 0 radical (unpaired) electrons.